The van der Waals surface area contributed by atoms with E-state index in [-0.39, 0.29) is 0 Å². The van der Waals surface area contributed by atoms with Gasteiger partial charge >= 0.3 is 0 Å². The fourth-order valence-electron chi connectivity index (χ4n) is 14.4. The predicted molar refractivity (Wildman–Crippen MR) is 343 cm³/mol. The summed E-state index contributed by atoms with van der Waals surface area (Å²) in [4.78, 5) is 50.8. The number of rotatable bonds is 29. The molecule has 9 fully saturated rings. The second-order valence-electron chi connectivity index (χ2n) is 28.2. The number of carbonyl (C=O) groups is 4. The van der Waals surface area contributed by atoms with E-state index in [2.05, 4.69) is 21.3 Å². The highest BCUT2D eigenvalue weighted by atomic mass is 16.8. The van der Waals surface area contributed by atoms with Crippen molar-refractivity contribution < 1.29 is 227 Å². The number of nitrogens with one attached hydrogen (secondary N) is 4. The lowest BCUT2D eigenvalue weighted by atomic mass is 9.93. The molecule has 50 heteroatoms. The van der Waals surface area contributed by atoms with Crippen molar-refractivity contribution in [2.75, 3.05) is 59.5 Å². The van der Waals surface area contributed by atoms with Crippen molar-refractivity contribution in [3.63, 3.8) is 0 Å². The SMILES string of the molecule is CC(=O)N[C@@H]1[C@H](O[C@H]2[C@H](O[C@H]3O[C@H](CO)[C@@H](O)[C@H](O[C@@H]4O[C@H](CO)[C@@H](O)[C@H](O)[C@H]4NC(C)=O)[C@@H]3O)[C@H](O)[C@H](O[C@H]3[C@H](O)[C@@H](NC(C)=O)[C@H](O[C@H]4[C@H](O)[C@@H](NC(C)=O)[C@H](O)O[C@@H]4CO)O[C@@H]3CO)O[C@@H]2CO[C@H]2O[C@H](CO[C@H]3O[C@H](CO)[C@@H](O)[C@H](O)[C@@H]3O)[C@@H](O)[C@H](O[C@H]3O[C@H](CO)[C@@H](O)[C@H](O)[C@@H]3O)[C@@H]2O)O[C@H](CO)[C@@H](O)[C@@H]1O. The Hall–Kier alpha value is -3.80. The molecule has 9 aliphatic heterocycles. The molecule has 112 heavy (non-hydrogen) atoms. The van der Waals surface area contributed by atoms with Gasteiger partial charge in [-0.3, -0.25) is 19.2 Å². The van der Waals surface area contributed by atoms with Crippen molar-refractivity contribution in [3.8, 4) is 0 Å². The van der Waals surface area contributed by atoms with Crippen molar-refractivity contribution in [3.05, 3.63) is 0 Å². The van der Waals surface area contributed by atoms with Gasteiger partial charge in [-0.1, -0.05) is 0 Å². The molecular formula is C62H104N4O46. The summed E-state index contributed by atoms with van der Waals surface area (Å²) < 4.78 is 102. The highest BCUT2D eigenvalue weighted by Gasteiger charge is 2.61. The molecule has 9 rings (SSSR count). The van der Waals surface area contributed by atoms with Crippen molar-refractivity contribution in [1.82, 2.24) is 21.3 Å². The number of aliphatic hydroxyl groups excluding tert-OH is 25. The van der Waals surface area contributed by atoms with Crippen LogP contribution in [0.5, 0.6) is 0 Å². The fourth-order valence-corrected chi connectivity index (χ4v) is 14.4. The Bertz CT molecular complexity index is 2970. The van der Waals surface area contributed by atoms with Crippen LogP contribution in [0.3, 0.4) is 0 Å². The second kappa shape index (κ2) is 40.3. The molecule has 0 aromatic rings. The van der Waals surface area contributed by atoms with Gasteiger partial charge < -0.3 is 229 Å². The molecule has 648 valence electrons. The van der Waals surface area contributed by atoms with Gasteiger partial charge in [0.15, 0.2) is 56.6 Å². The number of hydrogen-bond acceptors (Lipinski definition) is 46. The van der Waals surface area contributed by atoms with Gasteiger partial charge in [0.2, 0.25) is 23.6 Å². The summed E-state index contributed by atoms with van der Waals surface area (Å²) >= 11 is 0. The first-order valence-electron chi connectivity index (χ1n) is 35.6. The van der Waals surface area contributed by atoms with Crippen LogP contribution >= 0.6 is 0 Å². The van der Waals surface area contributed by atoms with E-state index in [4.69, 9.17) is 80.5 Å². The van der Waals surface area contributed by atoms with Crippen molar-refractivity contribution >= 4 is 23.6 Å². The molecule has 0 radical (unpaired) electrons. The zero-order valence-corrected chi connectivity index (χ0v) is 60.1. The van der Waals surface area contributed by atoms with Crippen LogP contribution in [0.4, 0.5) is 0 Å². The average molecular weight is 1640 g/mol. The first-order chi connectivity index (χ1) is 53.0. The normalized spacial score (nSPS) is 48.9. The first kappa shape index (κ1) is 92.1. The number of hydrogen-bond donors (Lipinski definition) is 29. The van der Waals surface area contributed by atoms with Gasteiger partial charge in [0.25, 0.3) is 0 Å². The lowest BCUT2D eigenvalue weighted by molar-refractivity contribution is -0.404. The molecule has 9 heterocycles. The predicted octanol–water partition coefficient (Wildman–Crippen LogP) is -20.1. The van der Waals surface area contributed by atoms with E-state index >= 15 is 0 Å². The lowest BCUT2D eigenvalue weighted by Crippen LogP contribution is -2.71. The Morgan fingerprint density at radius 1 is 0.232 bits per heavy atom. The van der Waals surface area contributed by atoms with Crippen molar-refractivity contribution in [2.45, 2.75) is 304 Å². The second-order valence-corrected chi connectivity index (χ2v) is 28.2. The summed E-state index contributed by atoms with van der Waals surface area (Å²) in [5, 5.41) is 288. The van der Waals surface area contributed by atoms with E-state index in [0.717, 1.165) is 27.7 Å². The third kappa shape index (κ3) is 20.4. The largest absolute Gasteiger partial charge is 0.394 e. The fraction of sp³-hybridized carbons (Fsp3) is 0.935. The molecule has 29 N–H and O–H groups in total. The van der Waals surface area contributed by atoms with E-state index in [9.17, 15) is 147 Å². The van der Waals surface area contributed by atoms with Gasteiger partial charge in [0, 0.05) is 27.7 Å². The average Bonchev–Trinajstić information content (AvgIpc) is 0.759. The summed E-state index contributed by atoms with van der Waals surface area (Å²) in [5.74, 6) is -3.62. The summed E-state index contributed by atoms with van der Waals surface area (Å²) in [6.45, 7) is -6.21. The molecular weight excluding hydrogens is 1540 g/mol. The molecule has 0 saturated carbocycles. The quantitative estimate of drug-likeness (QED) is 0.0331. The topological polar surface area (TPSA) is 779 Å². The smallest absolute Gasteiger partial charge is 0.217 e. The van der Waals surface area contributed by atoms with Gasteiger partial charge in [-0.05, 0) is 0 Å². The molecule has 0 aromatic carbocycles. The monoisotopic (exact) mass is 1640 g/mol. The van der Waals surface area contributed by atoms with Crippen LogP contribution in [-0.4, -0.2) is 487 Å². The van der Waals surface area contributed by atoms with Crippen LogP contribution < -0.4 is 21.3 Å². The Kier molecular flexibility index (Phi) is 33.1. The molecule has 9 aliphatic rings. The molecule has 0 spiro atoms. The maximum Gasteiger partial charge on any atom is 0.217 e. The van der Waals surface area contributed by atoms with Crippen LogP contribution in [0.1, 0.15) is 27.7 Å². The zero-order valence-electron chi connectivity index (χ0n) is 60.1. The maximum atomic E-state index is 13.1. The van der Waals surface area contributed by atoms with Crippen LogP contribution in [-0.2, 0) is 99.7 Å². The third-order valence-electron chi connectivity index (χ3n) is 20.3. The Balaban J connectivity index is 1.15. The zero-order chi connectivity index (χ0) is 82.5. The standard InChI is InChI=1S/C62H104N4O46/c1-14(74)63-27-39(86)48(23(10-72)98-54(27)95)107-57-30(66-17(4)77)40(87)49(24(11-73)104-57)108-62-47(94)53(112-61-46(93)51(35(82)22(9-71)103-61)110-56-29(65-16(3)76)38(85)32(79)19(6-68)100-56)50(109-55-28(64-15(2)75)37(84)31(78)18(5-67)99-55)26(106-62)13-97-59-45(92)52(111-60-44(91)42(89)34(81)21(8-70)102-60)36(83)25(105-59)12-96-58-43(90)41(88)33(80)20(7-69)101-58/h18-62,67-73,78-95H,5-13H2,1-4H3,(H,63,74)(H,64,75)(H,65,76)(H,66,77)/t18-,19-,20-,21-,22-,23-,24-,25-,26-,27-,28+,29-,30-,31-,32-,33-,34-,35-,36-,37-,38-,39-,40-,41+,42+,43+,44+,45+,46+,47+,48-,49-,50-,51+,52+,53-,54-,55+,56+,57+,58+,59+,60-,61-,62+/m1/s1. The summed E-state index contributed by atoms with van der Waals surface area (Å²) in [6, 6.07) is -7.42. The molecule has 50 nitrogen and oxygen atoms in total. The Morgan fingerprint density at radius 2 is 0.491 bits per heavy atom. The van der Waals surface area contributed by atoms with E-state index in [0.29, 0.717) is 0 Å². The van der Waals surface area contributed by atoms with Crippen LogP contribution in [0, 0.1) is 0 Å². The van der Waals surface area contributed by atoms with Crippen molar-refractivity contribution in [2.24, 2.45) is 0 Å². The summed E-state index contributed by atoms with van der Waals surface area (Å²) in [6.07, 6.45) is -87.6. The van der Waals surface area contributed by atoms with E-state index < -0.39 is 359 Å². The van der Waals surface area contributed by atoms with Crippen molar-refractivity contribution in [1.29, 1.82) is 0 Å². The van der Waals surface area contributed by atoms with Crippen LogP contribution in [0.25, 0.3) is 0 Å². The highest BCUT2D eigenvalue weighted by Crippen LogP contribution is 2.40. The summed E-state index contributed by atoms with van der Waals surface area (Å²) in [5.41, 5.74) is 0. The van der Waals surface area contributed by atoms with Gasteiger partial charge in [0.1, 0.15) is 219 Å². The molecule has 0 aromatic heterocycles. The minimum atomic E-state index is -2.68. The Labute approximate surface area is 634 Å². The van der Waals surface area contributed by atoms with Gasteiger partial charge in [-0.25, -0.2) is 0 Å². The van der Waals surface area contributed by atoms with Crippen LogP contribution in [0.2, 0.25) is 0 Å². The number of aliphatic hydroxyl groups is 25. The number of ether oxygens (including phenoxy) is 17. The number of amides is 4. The minimum absolute atomic E-state index is 0.802. The molecule has 0 bridgehead atoms. The van der Waals surface area contributed by atoms with Crippen LogP contribution in [0.15, 0.2) is 0 Å². The first-order valence-corrected chi connectivity index (χ1v) is 35.6. The maximum absolute atomic E-state index is 13.1. The highest BCUT2D eigenvalue weighted by molar-refractivity contribution is 5.74. The van der Waals surface area contributed by atoms with Gasteiger partial charge in [-0.15, -0.1) is 0 Å². The van der Waals surface area contributed by atoms with E-state index in [1.54, 1.807) is 0 Å². The molecule has 0 aliphatic carbocycles. The van der Waals surface area contributed by atoms with E-state index in [1.165, 1.54) is 0 Å². The third-order valence-corrected chi connectivity index (χ3v) is 20.3. The van der Waals surface area contributed by atoms with Gasteiger partial charge in [-0.2, -0.15) is 0 Å². The lowest BCUT2D eigenvalue weighted by Gasteiger charge is -2.52. The molecule has 4 amide bonds. The molecule has 0 unspecified atom stereocenters. The summed E-state index contributed by atoms with van der Waals surface area (Å²) in [7, 11) is 0. The molecule has 9 saturated heterocycles. The molecule has 45 atom stereocenters. The Morgan fingerprint density at radius 3 is 0.938 bits per heavy atom. The van der Waals surface area contributed by atoms with Gasteiger partial charge in [0.05, 0.1) is 59.5 Å². The van der Waals surface area contributed by atoms with E-state index in [1.807, 2.05) is 0 Å². The minimum Gasteiger partial charge on any atom is -0.394 e. The number of carbonyl (C=O) groups excluding carboxylic acids is 4.